The van der Waals surface area contributed by atoms with Crippen LogP contribution in [0.2, 0.25) is 0 Å². The highest BCUT2D eigenvalue weighted by molar-refractivity contribution is 7.89. The molecule has 8 heteroatoms. The predicted octanol–water partition coefficient (Wildman–Crippen LogP) is 1.99. The van der Waals surface area contributed by atoms with Crippen LogP contribution in [0.25, 0.3) is 0 Å². The van der Waals surface area contributed by atoms with Gasteiger partial charge in [0.1, 0.15) is 0 Å². The van der Waals surface area contributed by atoms with Crippen molar-refractivity contribution in [2.24, 2.45) is 10.9 Å². The summed E-state index contributed by atoms with van der Waals surface area (Å²) in [4.78, 5) is 8.82. The minimum Gasteiger partial charge on any atom is -0.324 e. The average molecular weight is 347 g/mol. The van der Waals surface area contributed by atoms with Gasteiger partial charge >= 0.3 is 0 Å². The molecule has 7 nitrogen and oxygen atoms in total. The second kappa shape index (κ2) is 6.46. The summed E-state index contributed by atoms with van der Waals surface area (Å²) < 4.78 is 22.6. The van der Waals surface area contributed by atoms with Crippen molar-refractivity contribution in [1.82, 2.24) is 9.97 Å². The van der Waals surface area contributed by atoms with Gasteiger partial charge in [0.25, 0.3) is 0 Å². The average Bonchev–Trinajstić information content (AvgIpc) is 2.55. The van der Waals surface area contributed by atoms with Gasteiger partial charge in [-0.05, 0) is 43.2 Å². The SMILES string of the molecule is NC1(c2ccnc(Nc3ccc(S(N)(=O)=O)cc3)n2)CCCCC1. The van der Waals surface area contributed by atoms with Gasteiger partial charge in [-0.3, -0.25) is 0 Å². The first-order valence-electron chi connectivity index (χ1n) is 7.89. The molecule has 1 aromatic heterocycles. The van der Waals surface area contributed by atoms with Gasteiger partial charge in [0.05, 0.1) is 16.1 Å². The van der Waals surface area contributed by atoms with E-state index < -0.39 is 15.6 Å². The Kier molecular flexibility index (Phi) is 4.53. The van der Waals surface area contributed by atoms with Crippen LogP contribution >= 0.6 is 0 Å². The highest BCUT2D eigenvalue weighted by Crippen LogP contribution is 2.33. The number of aromatic nitrogens is 2. The van der Waals surface area contributed by atoms with Crippen molar-refractivity contribution in [2.45, 2.75) is 42.5 Å². The van der Waals surface area contributed by atoms with Gasteiger partial charge in [-0.15, -0.1) is 0 Å². The van der Waals surface area contributed by atoms with Crippen molar-refractivity contribution >= 4 is 21.7 Å². The molecule has 0 unspecified atom stereocenters. The Bertz CT molecular complexity index is 815. The van der Waals surface area contributed by atoms with E-state index in [1.54, 1.807) is 18.3 Å². The molecule has 0 atom stereocenters. The van der Waals surface area contributed by atoms with Gasteiger partial charge in [-0.2, -0.15) is 0 Å². The number of hydrogen-bond donors (Lipinski definition) is 3. The Hall–Kier alpha value is -2.03. The molecule has 0 aliphatic heterocycles. The van der Waals surface area contributed by atoms with Gasteiger partial charge in [-0.1, -0.05) is 19.3 Å². The molecule has 3 rings (SSSR count). The highest BCUT2D eigenvalue weighted by Gasteiger charge is 2.31. The van der Waals surface area contributed by atoms with Crippen LogP contribution < -0.4 is 16.2 Å². The maximum atomic E-state index is 11.3. The van der Waals surface area contributed by atoms with E-state index in [-0.39, 0.29) is 4.90 Å². The quantitative estimate of drug-likeness (QED) is 0.777. The fraction of sp³-hybridized carbons (Fsp3) is 0.375. The van der Waals surface area contributed by atoms with Crippen LogP contribution in [0.5, 0.6) is 0 Å². The minimum atomic E-state index is -3.70. The lowest BCUT2D eigenvalue weighted by molar-refractivity contribution is 0.295. The summed E-state index contributed by atoms with van der Waals surface area (Å²) in [6.45, 7) is 0. The van der Waals surface area contributed by atoms with Crippen LogP contribution in [0.1, 0.15) is 37.8 Å². The maximum Gasteiger partial charge on any atom is 0.238 e. The second-order valence-electron chi connectivity index (χ2n) is 6.18. The number of benzene rings is 1. The van der Waals surface area contributed by atoms with Crippen molar-refractivity contribution in [2.75, 3.05) is 5.32 Å². The highest BCUT2D eigenvalue weighted by atomic mass is 32.2. The van der Waals surface area contributed by atoms with Crippen LogP contribution in [-0.2, 0) is 15.6 Å². The normalized spacial score (nSPS) is 17.4. The van der Waals surface area contributed by atoms with Crippen molar-refractivity contribution in [1.29, 1.82) is 0 Å². The third kappa shape index (κ3) is 3.72. The van der Waals surface area contributed by atoms with Gasteiger partial charge < -0.3 is 11.1 Å². The van der Waals surface area contributed by atoms with E-state index in [0.29, 0.717) is 11.6 Å². The van der Waals surface area contributed by atoms with E-state index >= 15 is 0 Å². The Balaban J connectivity index is 1.80. The summed E-state index contributed by atoms with van der Waals surface area (Å²) in [5.41, 5.74) is 7.63. The number of nitrogens with zero attached hydrogens (tertiary/aromatic N) is 2. The molecule has 128 valence electrons. The zero-order chi connectivity index (χ0) is 17.2. The minimum absolute atomic E-state index is 0.0610. The van der Waals surface area contributed by atoms with Crippen LogP contribution in [0.15, 0.2) is 41.4 Å². The molecule has 1 saturated carbocycles. The molecular formula is C16H21N5O2S. The number of nitrogens with two attached hydrogens (primary N) is 2. The van der Waals surface area contributed by atoms with E-state index in [0.717, 1.165) is 31.4 Å². The number of hydrogen-bond acceptors (Lipinski definition) is 6. The van der Waals surface area contributed by atoms with Crippen molar-refractivity contribution in [3.63, 3.8) is 0 Å². The van der Waals surface area contributed by atoms with Crippen molar-refractivity contribution in [3.05, 3.63) is 42.2 Å². The molecule has 2 aromatic rings. The summed E-state index contributed by atoms with van der Waals surface area (Å²) in [6.07, 6.45) is 6.97. The molecule has 0 bridgehead atoms. The number of anilines is 2. The van der Waals surface area contributed by atoms with Gasteiger partial charge in [0.2, 0.25) is 16.0 Å². The monoisotopic (exact) mass is 347 g/mol. The Morgan fingerprint density at radius 1 is 1.04 bits per heavy atom. The zero-order valence-electron chi connectivity index (χ0n) is 13.3. The van der Waals surface area contributed by atoms with Crippen LogP contribution in [0.4, 0.5) is 11.6 Å². The summed E-state index contributed by atoms with van der Waals surface area (Å²) in [5, 5.41) is 8.16. The summed E-state index contributed by atoms with van der Waals surface area (Å²) in [5.74, 6) is 0.436. The second-order valence-corrected chi connectivity index (χ2v) is 7.74. The molecule has 0 spiro atoms. The topological polar surface area (TPSA) is 124 Å². The summed E-state index contributed by atoms with van der Waals surface area (Å²) >= 11 is 0. The van der Waals surface area contributed by atoms with Crippen LogP contribution in [-0.4, -0.2) is 18.4 Å². The number of nitrogens with one attached hydrogen (secondary N) is 1. The van der Waals surface area contributed by atoms with Crippen LogP contribution in [0.3, 0.4) is 0 Å². The van der Waals surface area contributed by atoms with E-state index in [1.807, 2.05) is 6.07 Å². The number of sulfonamides is 1. The molecular weight excluding hydrogens is 326 g/mol. The van der Waals surface area contributed by atoms with E-state index in [4.69, 9.17) is 10.9 Å². The molecule has 0 amide bonds. The molecule has 1 aliphatic rings. The lowest BCUT2D eigenvalue weighted by atomic mass is 9.80. The predicted molar refractivity (Wildman–Crippen MR) is 92.1 cm³/mol. The fourth-order valence-electron chi connectivity index (χ4n) is 2.99. The lowest BCUT2D eigenvalue weighted by Gasteiger charge is -2.32. The molecule has 24 heavy (non-hydrogen) atoms. The van der Waals surface area contributed by atoms with Crippen LogP contribution in [0, 0.1) is 0 Å². The lowest BCUT2D eigenvalue weighted by Crippen LogP contribution is -2.39. The van der Waals surface area contributed by atoms with Crippen molar-refractivity contribution < 1.29 is 8.42 Å². The maximum absolute atomic E-state index is 11.3. The largest absolute Gasteiger partial charge is 0.324 e. The summed E-state index contributed by atoms with van der Waals surface area (Å²) in [6, 6.07) is 7.98. The molecule has 1 heterocycles. The molecule has 0 radical (unpaired) electrons. The first-order chi connectivity index (χ1) is 11.4. The summed E-state index contributed by atoms with van der Waals surface area (Å²) in [7, 11) is -3.70. The molecule has 1 fully saturated rings. The Labute approximate surface area is 141 Å². The van der Waals surface area contributed by atoms with Gasteiger partial charge in [-0.25, -0.2) is 23.5 Å². The zero-order valence-corrected chi connectivity index (χ0v) is 14.1. The third-order valence-electron chi connectivity index (χ3n) is 4.35. The molecule has 1 aromatic carbocycles. The Morgan fingerprint density at radius 2 is 1.71 bits per heavy atom. The smallest absolute Gasteiger partial charge is 0.238 e. The first kappa shape index (κ1) is 16.8. The number of rotatable bonds is 4. The van der Waals surface area contributed by atoms with Crippen molar-refractivity contribution in [3.8, 4) is 0 Å². The van der Waals surface area contributed by atoms with Gasteiger partial charge in [0, 0.05) is 11.9 Å². The molecule has 5 N–H and O–H groups in total. The van der Waals surface area contributed by atoms with Gasteiger partial charge in [0.15, 0.2) is 0 Å². The standard InChI is InChI=1S/C16H21N5O2S/c17-16(9-2-1-3-10-16)14-8-11-19-15(21-14)20-12-4-6-13(7-5-12)24(18,22)23/h4-8,11H,1-3,9-10,17H2,(H2,18,22,23)(H,19,20,21). The Morgan fingerprint density at radius 3 is 2.33 bits per heavy atom. The van der Waals surface area contributed by atoms with E-state index in [1.165, 1.54) is 18.6 Å². The fourth-order valence-corrected chi connectivity index (χ4v) is 3.51. The molecule has 0 saturated heterocycles. The number of primary sulfonamides is 1. The van der Waals surface area contributed by atoms with E-state index in [2.05, 4.69) is 15.3 Å². The molecule has 1 aliphatic carbocycles. The third-order valence-corrected chi connectivity index (χ3v) is 5.28. The van der Waals surface area contributed by atoms with E-state index in [9.17, 15) is 8.42 Å². The first-order valence-corrected chi connectivity index (χ1v) is 9.44.